The second-order valence-corrected chi connectivity index (χ2v) is 7.78. The molecule has 2 nitrogen and oxygen atoms in total. The van der Waals surface area contributed by atoms with E-state index in [-0.39, 0.29) is 6.17 Å². The lowest BCUT2D eigenvalue weighted by Gasteiger charge is -2.31. The van der Waals surface area contributed by atoms with Gasteiger partial charge in [0, 0.05) is 30.9 Å². The molecular formula is C21H24Cl2N2. The summed E-state index contributed by atoms with van der Waals surface area (Å²) in [6, 6.07) is 12.6. The second kappa shape index (κ2) is 6.93. The van der Waals surface area contributed by atoms with Crippen molar-refractivity contribution in [3.05, 3.63) is 74.9 Å². The van der Waals surface area contributed by atoms with Gasteiger partial charge in [-0.05, 0) is 35.6 Å². The van der Waals surface area contributed by atoms with Gasteiger partial charge in [-0.1, -0.05) is 67.4 Å². The van der Waals surface area contributed by atoms with Crippen molar-refractivity contribution < 1.29 is 0 Å². The van der Waals surface area contributed by atoms with Crippen molar-refractivity contribution in [3.8, 4) is 0 Å². The van der Waals surface area contributed by atoms with Crippen molar-refractivity contribution >= 4 is 28.9 Å². The van der Waals surface area contributed by atoms with Crippen LogP contribution < -0.4 is 0 Å². The molecule has 0 saturated carbocycles. The fourth-order valence-electron chi connectivity index (χ4n) is 3.54. The molecule has 1 atom stereocenters. The van der Waals surface area contributed by atoms with Gasteiger partial charge >= 0.3 is 0 Å². The summed E-state index contributed by atoms with van der Waals surface area (Å²) in [4.78, 5) is 4.52. The standard InChI is InChI=1S/C21H24Cl2N2/c1-13(2)16-11-17(22)14(3)20(23)19(16)18-12-24(4)21(25(18)5)15-9-7-6-8-10-15/h6-13,21H,1-5H3. The average Bonchev–Trinajstić information content (AvgIpc) is 2.87. The minimum atomic E-state index is 0.156. The predicted octanol–water partition coefficient (Wildman–Crippen LogP) is 6.30. The molecule has 0 aliphatic carbocycles. The van der Waals surface area contributed by atoms with E-state index in [0.717, 1.165) is 26.9 Å². The van der Waals surface area contributed by atoms with Crippen LogP contribution in [0.4, 0.5) is 0 Å². The van der Waals surface area contributed by atoms with Crippen LogP contribution in [0.2, 0.25) is 10.0 Å². The summed E-state index contributed by atoms with van der Waals surface area (Å²) in [6.07, 6.45) is 2.33. The Bertz CT molecular complexity index is 812. The Balaban J connectivity index is 2.12. The zero-order chi connectivity index (χ0) is 18.3. The molecule has 0 radical (unpaired) electrons. The Morgan fingerprint density at radius 3 is 2.28 bits per heavy atom. The Morgan fingerprint density at radius 2 is 1.68 bits per heavy atom. The van der Waals surface area contributed by atoms with E-state index in [9.17, 15) is 0 Å². The molecule has 4 heteroatoms. The molecule has 2 aromatic carbocycles. The van der Waals surface area contributed by atoms with E-state index in [0.29, 0.717) is 5.92 Å². The molecule has 1 unspecified atom stereocenters. The molecule has 1 heterocycles. The van der Waals surface area contributed by atoms with Crippen molar-refractivity contribution in [3.63, 3.8) is 0 Å². The lowest BCUT2D eigenvalue weighted by Crippen LogP contribution is -2.27. The Kier molecular flexibility index (Phi) is 5.04. The summed E-state index contributed by atoms with van der Waals surface area (Å²) in [6.45, 7) is 6.33. The van der Waals surface area contributed by atoms with Crippen LogP contribution in [0.25, 0.3) is 5.70 Å². The minimum Gasteiger partial charge on any atom is -0.355 e. The molecule has 2 aromatic rings. The van der Waals surface area contributed by atoms with Gasteiger partial charge < -0.3 is 9.80 Å². The van der Waals surface area contributed by atoms with E-state index in [1.807, 2.05) is 13.0 Å². The van der Waals surface area contributed by atoms with E-state index in [2.05, 4.69) is 74.3 Å². The maximum atomic E-state index is 6.76. The number of nitrogens with zero attached hydrogens (tertiary/aromatic N) is 2. The van der Waals surface area contributed by atoms with Gasteiger partial charge in [-0.2, -0.15) is 0 Å². The number of halogens is 2. The predicted molar refractivity (Wildman–Crippen MR) is 108 cm³/mol. The molecule has 1 aliphatic rings. The normalized spacial score (nSPS) is 17.4. The lowest BCUT2D eigenvalue weighted by atomic mass is 9.93. The summed E-state index contributed by atoms with van der Waals surface area (Å²) in [5.74, 6) is 0.334. The molecule has 0 bridgehead atoms. The maximum Gasteiger partial charge on any atom is 0.127 e. The fourth-order valence-corrected chi connectivity index (χ4v) is 4.10. The summed E-state index contributed by atoms with van der Waals surface area (Å²) >= 11 is 13.2. The van der Waals surface area contributed by atoms with Gasteiger partial charge in [-0.15, -0.1) is 0 Å². The highest BCUT2D eigenvalue weighted by molar-refractivity contribution is 6.37. The van der Waals surface area contributed by atoms with E-state index >= 15 is 0 Å². The number of rotatable bonds is 3. The van der Waals surface area contributed by atoms with Crippen LogP contribution in [0.3, 0.4) is 0 Å². The summed E-state index contributed by atoms with van der Waals surface area (Å²) < 4.78 is 0. The fraction of sp³-hybridized carbons (Fsp3) is 0.333. The van der Waals surface area contributed by atoms with Crippen LogP contribution in [0.1, 0.15) is 48.2 Å². The molecule has 0 spiro atoms. The van der Waals surface area contributed by atoms with Crippen LogP contribution >= 0.6 is 23.2 Å². The van der Waals surface area contributed by atoms with Gasteiger partial charge in [0.2, 0.25) is 0 Å². The molecule has 1 aliphatic heterocycles. The highest BCUT2D eigenvalue weighted by Crippen LogP contribution is 2.44. The molecule has 0 N–H and O–H groups in total. The van der Waals surface area contributed by atoms with Gasteiger partial charge in [-0.25, -0.2) is 0 Å². The minimum absolute atomic E-state index is 0.156. The van der Waals surface area contributed by atoms with Crippen molar-refractivity contribution in [1.82, 2.24) is 9.80 Å². The third kappa shape index (κ3) is 3.14. The monoisotopic (exact) mass is 374 g/mol. The molecule has 132 valence electrons. The third-order valence-corrected chi connectivity index (χ3v) is 5.78. The summed E-state index contributed by atoms with van der Waals surface area (Å²) in [5.41, 5.74) is 5.59. The number of hydrogen-bond donors (Lipinski definition) is 0. The highest BCUT2D eigenvalue weighted by Gasteiger charge is 2.32. The molecular weight excluding hydrogens is 351 g/mol. The molecule has 0 saturated heterocycles. The zero-order valence-electron chi connectivity index (χ0n) is 15.3. The first-order valence-corrected chi connectivity index (χ1v) is 9.29. The summed E-state index contributed by atoms with van der Waals surface area (Å²) in [5, 5.41) is 1.48. The van der Waals surface area contributed by atoms with Gasteiger partial charge in [-0.3, -0.25) is 0 Å². The molecule has 0 amide bonds. The van der Waals surface area contributed by atoms with E-state index in [1.165, 1.54) is 11.1 Å². The van der Waals surface area contributed by atoms with Gasteiger partial charge in [0.05, 0.1) is 10.7 Å². The zero-order valence-corrected chi connectivity index (χ0v) is 16.9. The molecule has 3 rings (SSSR count). The maximum absolute atomic E-state index is 6.76. The average molecular weight is 375 g/mol. The quantitative estimate of drug-likeness (QED) is 0.621. The van der Waals surface area contributed by atoms with Gasteiger partial charge in [0.25, 0.3) is 0 Å². The first-order valence-electron chi connectivity index (χ1n) is 8.53. The van der Waals surface area contributed by atoms with Crippen LogP contribution in [0, 0.1) is 6.92 Å². The van der Waals surface area contributed by atoms with Crippen molar-refractivity contribution in [2.24, 2.45) is 0 Å². The lowest BCUT2D eigenvalue weighted by molar-refractivity contribution is 0.215. The SMILES string of the molecule is Cc1c(Cl)cc(C(C)C)c(C2=CN(C)C(c3ccccc3)N2C)c1Cl. The first kappa shape index (κ1) is 18.2. The Labute approximate surface area is 160 Å². The van der Waals surface area contributed by atoms with Crippen molar-refractivity contribution in [2.45, 2.75) is 32.9 Å². The van der Waals surface area contributed by atoms with Crippen LogP contribution in [0.5, 0.6) is 0 Å². The Morgan fingerprint density at radius 1 is 1.04 bits per heavy atom. The molecule has 0 aromatic heterocycles. The highest BCUT2D eigenvalue weighted by atomic mass is 35.5. The topological polar surface area (TPSA) is 6.48 Å². The smallest absolute Gasteiger partial charge is 0.127 e. The summed E-state index contributed by atoms with van der Waals surface area (Å²) in [7, 11) is 4.23. The van der Waals surface area contributed by atoms with Gasteiger partial charge in [0.1, 0.15) is 6.17 Å². The van der Waals surface area contributed by atoms with Crippen molar-refractivity contribution in [1.29, 1.82) is 0 Å². The van der Waals surface area contributed by atoms with Crippen LogP contribution in [0.15, 0.2) is 42.6 Å². The largest absolute Gasteiger partial charge is 0.355 e. The third-order valence-electron chi connectivity index (χ3n) is 4.91. The van der Waals surface area contributed by atoms with Crippen LogP contribution in [-0.4, -0.2) is 23.9 Å². The number of hydrogen-bond acceptors (Lipinski definition) is 2. The molecule has 25 heavy (non-hydrogen) atoms. The Hall–Kier alpha value is -1.64. The molecule has 0 fully saturated rings. The van der Waals surface area contributed by atoms with E-state index in [4.69, 9.17) is 23.2 Å². The first-order chi connectivity index (χ1) is 11.8. The van der Waals surface area contributed by atoms with Crippen molar-refractivity contribution in [2.75, 3.05) is 14.1 Å². The number of benzene rings is 2. The van der Waals surface area contributed by atoms with E-state index in [1.54, 1.807) is 0 Å². The van der Waals surface area contributed by atoms with Crippen LogP contribution in [-0.2, 0) is 0 Å². The van der Waals surface area contributed by atoms with E-state index < -0.39 is 0 Å². The van der Waals surface area contributed by atoms with Gasteiger partial charge in [0.15, 0.2) is 0 Å². The second-order valence-electron chi connectivity index (χ2n) is 6.99.